The molecule has 0 aliphatic carbocycles. The molecular weight excluding hydrogens is 243 g/mol. The maximum atomic E-state index is 13.1. The van der Waals surface area contributed by atoms with Crippen LogP contribution >= 0.6 is 11.8 Å². The van der Waals surface area contributed by atoms with Crippen LogP contribution in [-0.2, 0) is 4.79 Å². The van der Waals surface area contributed by atoms with Crippen molar-refractivity contribution in [1.29, 1.82) is 0 Å². The molecule has 6 heteroatoms. The Bertz CT molecular complexity index is 542. The number of carbonyl (C=O) groups is 1. The van der Waals surface area contributed by atoms with Gasteiger partial charge in [-0.25, -0.2) is 9.37 Å². The first-order valence-corrected chi connectivity index (χ1v) is 5.79. The largest absolute Gasteiger partial charge is 0.481 e. The van der Waals surface area contributed by atoms with Gasteiger partial charge in [-0.2, -0.15) is 0 Å². The molecular formula is C11H9FN2O2S. The number of benzene rings is 1. The summed E-state index contributed by atoms with van der Waals surface area (Å²) in [4.78, 5) is 14.5. The van der Waals surface area contributed by atoms with Crippen molar-refractivity contribution in [2.24, 2.45) is 0 Å². The minimum atomic E-state index is -0.913. The van der Waals surface area contributed by atoms with Gasteiger partial charge in [-0.3, -0.25) is 9.36 Å². The minimum Gasteiger partial charge on any atom is -0.481 e. The topological polar surface area (TPSA) is 55.1 Å². The Labute approximate surface area is 101 Å². The van der Waals surface area contributed by atoms with Crippen LogP contribution in [0, 0.1) is 5.82 Å². The van der Waals surface area contributed by atoms with Gasteiger partial charge in [0.25, 0.3) is 0 Å². The number of imidazole rings is 1. The van der Waals surface area contributed by atoms with Crippen LogP contribution in [0.3, 0.4) is 0 Å². The first-order valence-electron chi connectivity index (χ1n) is 4.80. The SMILES string of the molecule is O=C(O)CSc1nccn1-c1cccc(F)c1. The lowest BCUT2D eigenvalue weighted by atomic mass is 10.3. The number of nitrogens with zero attached hydrogens (tertiary/aromatic N) is 2. The number of hydrogen-bond donors (Lipinski definition) is 1. The fourth-order valence-corrected chi connectivity index (χ4v) is 2.04. The van der Waals surface area contributed by atoms with Gasteiger partial charge in [0.15, 0.2) is 5.16 Å². The minimum absolute atomic E-state index is 0.0771. The Hall–Kier alpha value is -1.82. The smallest absolute Gasteiger partial charge is 0.313 e. The third kappa shape index (κ3) is 2.85. The van der Waals surface area contributed by atoms with Crippen LogP contribution < -0.4 is 0 Å². The second kappa shape index (κ2) is 5.01. The molecule has 17 heavy (non-hydrogen) atoms. The predicted octanol–water partition coefficient (Wildman–Crippen LogP) is 2.19. The molecule has 0 radical (unpaired) electrons. The molecule has 0 saturated heterocycles. The number of carboxylic acid groups (broad SMARTS) is 1. The van der Waals surface area contributed by atoms with E-state index in [0.717, 1.165) is 11.8 Å². The molecule has 0 aliphatic heterocycles. The maximum absolute atomic E-state index is 13.1. The molecule has 88 valence electrons. The van der Waals surface area contributed by atoms with E-state index in [4.69, 9.17) is 5.11 Å². The Kier molecular flexibility index (Phi) is 3.43. The summed E-state index contributed by atoms with van der Waals surface area (Å²) >= 11 is 1.09. The standard InChI is InChI=1S/C11H9FN2O2S/c12-8-2-1-3-9(6-8)14-5-4-13-11(14)17-7-10(15)16/h1-6H,7H2,(H,15,16). The monoisotopic (exact) mass is 252 g/mol. The van der Waals surface area contributed by atoms with E-state index in [2.05, 4.69) is 4.98 Å². The highest BCUT2D eigenvalue weighted by Crippen LogP contribution is 2.20. The lowest BCUT2D eigenvalue weighted by molar-refractivity contribution is -0.133. The third-order valence-electron chi connectivity index (χ3n) is 2.02. The molecule has 2 aromatic rings. The summed E-state index contributed by atoms with van der Waals surface area (Å²) in [5.41, 5.74) is 0.621. The van der Waals surface area contributed by atoms with E-state index in [0.29, 0.717) is 10.8 Å². The number of thioether (sulfide) groups is 1. The van der Waals surface area contributed by atoms with E-state index in [-0.39, 0.29) is 11.6 Å². The summed E-state index contributed by atoms with van der Waals surface area (Å²) in [5.74, 6) is -1.33. The Morgan fingerprint density at radius 3 is 3.06 bits per heavy atom. The van der Waals surface area contributed by atoms with E-state index in [1.807, 2.05) is 0 Å². The molecule has 0 fully saturated rings. The predicted molar refractivity (Wildman–Crippen MR) is 61.9 cm³/mol. The van der Waals surface area contributed by atoms with Gasteiger partial charge in [0.1, 0.15) is 5.82 Å². The molecule has 1 aromatic heterocycles. The van der Waals surface area contributed by atoms with Gasteiger partial charge >= 0.3 is 5.97 Å². The van der Waals surface area contributed by atoms with Crippen LogP contribution in [0.25, 0.3) is 5.69 Å². The summed E-state index contributed by atoms with van der Waals surface area (Å²) in [6, 6.07) is 6.04. The van der Waals surface area contributed by atoms with Gasteiger partial charge in [0.2, 0.25) is 0 Å². The summed E-state index contributed by atoms with van der Waals surface area (Å²) in [6.07, 6.45) is 3.22. The van der Waals surface area contributed by atoms with E-state index in [9.17, 15) is 9.18 Å². The molecule has 1 heterocycles. The van der Waals surface area contributed by atoms with Gasteiger partial charge in [0.05, 0.1) is 11.4 Å². The summed E-state index contributed by atoms with van der Waals surface area (Å²) in [5, 5.41) is 9.13. The van der Waals surface area contributed by atoms with E-state index < -0.39 is 5.97 Å². The van der Waals surface area contributed by atoms with Gasteiger partial charge in [0, 0.05) is 12.4 Å². The normalized spacial score (nSPS) is 10.4. The van der Waals surface area contributed by atoms with Crippen molar-refractivity contribution >= 4 is 17.7 Å². The summed E-state index contributed by atoms with van der Waals surface area (Å²) in [6.45, 7) is 0. The zero-order valence-corrected chi connectivity index (χ0v) is 9.52. The molecule has 0 aliphatic rings. The zero-order chi connectivity index (χ0) is 12.3. The molecule has 0 amide bonds. The molecule has 0 bridgehead atoms. The van der Waals surface area contributed by atoms with Crippen molar-refractivity contribution in [2.75, 3.05) is 5.75 Å². The fourth-order valence-electron chi connectivity index (χ4n) is 1.35. The number of aromatic nitrogens is 2. The van der Waals surface area contributed by atoms with Crippen molar-refractivity contribution in [3.05, 3.63) is 42.5 Å². The van der Waals surface area contributed by atoms with Crippen LogP contribution in [-0.4, -0.2) is 26.4 Å². The molecule has 4 nitrogen and oxygen atoms in total. The van der Waals surface area contributed by atoms with Gasteiger partial charge in [-0.15, -0.1) is 0 Å². The molecule has 2 rings (SSSR count). The van der Waals surface area contributed by atoms with Crippen LogP contribution in [0.5, 0.6) is 0 Å². The molecule has 0 saturated carbocycles. The first-order chi connectivity index (χ1) is 8.16. The highest BCUT2D eigenvalue weighted by atomic mass is 32.2. The summed E-state index contributed by atoms with van der Waals surface area (Å²) in [7, 11) is 0. The molecule has 0 unspecified atom stereocenters. The highest BCUT2D eigenvalue weighted by molar-refractivity contribution is 7.99. The van der Waals surface area contributed by atoms with Gasteiger partial charge in [-0.05, 0) is 18.2 Å². The second-order valence-corrected chi connectivity index (χ2v) is 4.18. The lowest BCUT2D eigenvalue weighted by Crippen LogP contribution is -2.01. The van der Waals surface area contributed by atoms with Crippen molar-refractivity contribution in [1.82, 2.24) is 9.55 Å². The van der Waals surface area contributed by atoms with Crippen molar-refractivity contribution in [2.45, 2.75) is 5.16 Å². The van der Waals surface area contributed by atoms with Crippen LogP contribution in [0.1, 0.15) is 0 Å². The second-order valence-electron chi connectivity index (χ2n) is 3.24. The Morgan fingerprint density at radius 2 is 2.35 bits per heavy atom. The Morgan fingerprint density at radius 1 is 1.53 bits per heavy atom. The van der Waals surface area contributed by atoms with Gasteiger partial charge in [-0.1, -0.05) is 17.8 Å². The lowest BCUT2D eigenvalue weighted by Gasteiger charge is -2.06. The maximum Gasteiger partial charge on any atom is 0.313 e. The van der Waals surface area contributed by atoms with Crippen molar-refractivity contribution in [3.63, 3.8) is 0 Å². The van der Waals surface area contributed by atoms with E-state index in [1.54, 1.807) is 29.1 Å². The third-order valence-corrected chi connectivity index (χ3v) is 2.97. The number of carboxylic acids is 1. The average Bonchev–Trinajstić information content (AvgIpc) is 2.74. The quantitative estimate of drug-likeness (QED) is 0.847. The van der Waals surface area contributed by atoms with E-state index in [1.165, 1.54) is 12.1 Å². The average molecular weight is 252 g/mol. The first kappa shape index (κ1) is 11.7. The fraction of sp³-hybridized carbons (Fsp3) is 0.0909. The number of hydrogen-bond acceptors (Lipinski definition) is 3. The van der Waals surface area contributed by atoms with Crippen molar-refractivity contribution < 1.29 is 14.3 Å². The molecule has 0 atom stereocenters. The number of aliphatic carboxylic acids is 1. The number of halogens is 1. The Balaban J connectivity index is 2.27. The molecule has 1 N–H and O–H groups in total. The van der Waals surface area contributed by atoms with Crippen LogP contribution in [0.4, 0.5) is 4.39 Å². The molecule has 0 spiro atoms. The number of rotatable bonds is 4. The van der Waals surface area contributed by atoms with Crippen molar-refractivity contribution in [3.8, 4) is 5.69 Å². The van der Waals surface area contributed by atoms with Crippen LogP contribution in [0.15, 0.2) is 41.8 Å². The molecule has 1 aromatic carbocycles. The van der Waals surface area contributed by atoms with Gasteiger partial charge < -0.3 is 5.11 Å². The van der Waals surface area contributed by atoms with Crippen LogP contribution in [0.2, 0.25) is 0 Å². The summed E-state index contributed by atoms with van der Waals surface area (Å²) < 4.78 is 14.7. The zero-order valence-electron chi connectivity index (χ0n) is 8.71. The van der Waals surface area contributed by atoms with E-state index >= 15 is 0 Å². The highest BCUT2D eigenvalue weighted by Gasteiger charge is 2.08.